The van der Waals surface area contributed by atoms with Crippen molar-refractivity contribution in [3.05, 3.63) is 265 Å². The molecule has 0 fully saturated rings. The molecule has 286 valence electrons. The van der Waals surface area contributed by atoms with Gasteiger partial charge < -0.3 is 9.80 Å². The average molecular weight is 777 g/mol. The minimum absolute atomic E-state index is 0.522. The summed E-state index contributed by atoms with van der Waals surface area (Å²) in [6.07, 6.45) is 0. The van der Waals surface area contributed by atoms with Gasteiger partial charge in [-0.25, -0.2) is 0 Å². The lowest BCUT2D eigenvalue weighted by Crippen LogP contribution is -2.36. The zero-order valence-electron chi connectivity index (χ0n) is 33.5. The van der Waals surface area contributed by atoms with E-state index in [0.29, 0.717) is 0 Å². The quantitative estimate of drug-likeness (QED) is 0.166. The van der Waals surface area contributed by atoms with Gasteiger partial charge in [0, 0.05) is 22.4 Å². The van der Waals surface area contributed by atoms with Crippen LogP contribution in [0.5, 0.6) is 0 Å². The van der Waals surface area contributed by atoms with Gasteiger partial charge in [-0.1, -0.05) is 182 Å². The second-order valence-electron chi connectivity index (χ2n) is 16.0. The molecule has 12 rings (SSSR count). The number of para-hydroxylation sites is 4. The number of hydrogen-bond donors (Lipinski definition) is 0. The summed E-state index contributed by atoms with van der Waals surface area (Å²) in [5.74, 6) is 0. The molecule has 0 bridgehead atoms. The molecule has 0 radical (unpaired) electrons. The molecular formula is C59H40N2. The Labute approximate surface area is 356 Å². The van der Waals surface area contributed by atoms with E-state index in [0.717, 1.165) is 22.7 Å². The van der Waals surface area contributed by atoms with Crippen LogP contribution in [0.1, 0.15) is 22.3 Å². The molecule has 0 unspecified atom stereocenters. The number of hydrogen-bond acceptors (Lipinski definition) is 2. The Morgan fingerprint density at radius 3 is 1.51 bits per heavy atom. The van der Waals surface area contributed by atoms with Crippen LogP contribution in [0.15, 0.2) is 243 Å². The van der Waals surface area contributed by atoms with Crippen molar-refractivity contribution in [2.75, 3.05) is 9.80 Å². The van der Waals surface area contributed by atoms with Gasteiger partial charge in [0.15, 0.2) is 0 Å². The van der Waals surface area contributed by atoms with Gasteiger partial charge in [0.1, 0.15) is 0 Å². The first-order valence-electron chi connectivity index (χ1n) is 21.1. The van der Waals surface area contributed by atoms with E-state index in [1.165, 1.54) is 77.8 Å². The fourth-order valence-electron chi connectivity index (χ4n) is 10.3. The summed E-state index contributed by atoms with van der Waals surface area (Å²) < 4.78 is 0. The van der Waals surface area contributed by atoms with Gasteiger partial charge in [-0.15, -0.1) is 0 Å². The van der Waals surface area contributed by atoms with E-state index in [9.17, 15) is 0 Å². The van der Waals surface area contributed by atoms with Crippen molar-refractivity contribution in [3.8, 4) is 33.4 Å². The maximum atomic E-state index is 2.50. The molecule has 0 saturated carbocycles. The van der Waals surface area contributed by atoms with E-state index in [4.69, 9.17) is 0 Å². The molecule has 0 N–H and O–H groups in total. The lowest BCUT2D eigenvalue weighted by molar-refractivity contribution is 0.753. The molecule has 1 aliphatic carbocycles. The number of rotatable bonds is 6. The van der Waals surface area contributed by atoms with Crippen molar-refractivity contribution < 1.29 is 0 Å². The monoisotopic (exact) mass is 776 g/mol. The number of fused-ring (bicyclic) bond motifs is 10. The summed E-state index contributed by atoms with van der Waals surface area (Å²) in [7, 11) is 0. The third kappa shape index (κ3) is 5.36. The maximum absolute atomic E-state index is 2.50. The molecule has 1 spiro atoms. The van der Waals surface area contributed by atoms with Crippen LogP contribution in [0.3, 0.4) is 0 Å². The molecule has 0 saturated heterocycles. The van der Waals surface area contributed by atoms with Crippen molar-refractivity contribution in [3.63, 3.8) is 0 Å². The Balaban J connectivity index is 1.06. The minimum Gasteiger partial charge on any atom is -0.310 e. The lowest BCUT2D eigenvalue weighted by atomic mass is 9.64. The summed E-state index contributed by atoms with van der Waals surface area (Å²) in [6, 6.07) is 89.0. The first-order valence-corrected chi connectivity index (χ1v) is 21.1. The van der Waals surface area contributed by atoms with Gasteiger partial charge in [-0.2, -0.15) is 0 Å². The topological polar surface area (TPSA) is 6.48 Å². The van der Waals surface area contributed by atoms with E-state index < -0.39 is 5.41 Å². The Morgan fingerprint density at radius 2 is 0.803 bits per heavy atom. The summed E-state index contributed by atoms with van der Waals surface area (Å²) in [4.78, 5) is 4.84. The highest BCUT2D eigenvalue weighted by atomic mass is 15.2. The molecule has 0 amide bonds. The van der Waals surface area contributed by atoms with Crippen molar-refractivity contribution in [1.29, 1.82) is 0 Å². The molecule has 0 aromatic heterocycles. The molecular weight excluding hydrogens is 737 g/mol. The first-order chi connectivity index (χ1) is 30.3. The Kier molecular flexibility index (Phi) is 8.11. The van der Waals surface area contributed by atoms with Gasteiger partial charge >= 0.3 is 0 Å². The van der Waals surface area contributed by atoms with Gasteiger partial charge in [-0.3, -0.25) is 0 Å². The Morgan fingerprint density at radius 1 is 0.311 bits per heavy atom. The molecule has 61 heavy (non-hydrogen) atoms. The van der Waals surface area contributed by atoms with Crippen LogP contribution in [0.4, 0.5) is 34.1 Å². The summed E-state index contributed by atoms with van der Waals surface area (Å²) in [6.45, 7) is 0. The van der Waals surface area contributed by atoms with Gasteiger partial charge in [0.05, 0.1) is 22.5 Å². The van der Waals surface area contributed by atoms with E-state index in [1.54, 1.807) is 0 Å². The predicted octanol–water partition coefficient (Wildman–Crippen LogP) is 15.8. The molecule has 2 heteroatoms. The molecule has 0 atom stereocenters. The lowest BCUT2D eigenvalue weighted by Gasteiger charge is -2.45. The van der Waals surface area contributed by atoms with Crippen molar-refractivity contribution in [2.45, 2.75) is 5.41 Å². The van der Waals surface area contributed by atoms with Crippen LogP contribution in [-0.4, -0.2) is 0 Å². The van der Waals surface area contributed by atoms with Crippen LogP contribution in [0, 0.1) is 0 Å². The number of nitrogens with zero attached hydrogens (tertiary/aromatic N) is 2. The van der Waals surface area contributed by atoms with Crippen LogP contribution in [-0.2, 0) is 5.41 Å². The largest absolute Gasteiger partial charge is 0.310 e. The molecule has 2 aliphatic rings. The first kappa shape index (κ1) is 35.0. The second kappa shape index (κ2) is 14.1. The highest BCUT2D eigenvalue weighted by Gasteiger charge is 2.51. The molecule has 1 aliphatic heterocycles. The molecule has 1 heterocycles. The van der Waals surface area contributed by atoms with Crippen LogP contribution < -0.4 is 9.80 Å². The smallest absolute Gasteiger partial charge is 0.0754 e. The van der Waals surface area contributed by atoms with Crippen LogP contribution in [0.25, 0.3) is 44.2 Å². The van der Waals surface area contributed by atoms with E-state index in [1.807, 2.05) is 0 Å². The van der Waals surface area contributed by atoms with E-state index in [2.05, 4.69) is 252 Å². The number of anilines is 6. The van der Waals surface area contributed by atoms with Gasteiger partial charge in [0.25, 0.3) is 0 Å². The summed E-state index contributed by atoms with van der Waals surface area (Å²) in [5, 5.41) is 2.41. The maximum Gasteiger partial charge on any atom is 0.0754 e. The Hall–Kier alpha value is -7.94. The third-order valence-electron chi connectivity index (χ3n) is 12.9. The van der Waals surface area contributed by atoms with Gasteiger partial charge in [-0.05, 0) is 122 Å². The standard InChI is InChI=1S/C59H40N2/c1-4-18-41(19-5-1)42-32-35-46(36-33-42)60(44-20-6-2-7-21-44)56-39-38-47(48-24-10-11-26-51(48)56)43-34-37-50-49-25-12-13-27-52(49)59(55(50)40-43)53-28-14-16-30-57(53)61(45-22-8-3-9-23-45)58-31-17-15-29-54(58)59/h1-40H. The SMILES string of the molecule is c1ccc(-c2ccc(N(c3ccccc3)c3ccc(-c4ccc5c(c4)C4(c6ccccc6-5)c5ccccc5N(c5ccccc5)c5ccccc54)c4ccccc34)cc2)cc1. The van der Waals surface area contributed by atoms with E-state index >= 15 is 0 Å². The summed E-state index contributed by atoms with van der Waals surface area (Å²) in [5.41, 5.74) is 19.0. The Bertz CT molecular complexity index is 3200. The minimum atomic E-state index is -0.522. The van der Waals surface area contributed by atoms with Gasteiger partial charge in [0.2, 0.25) is 0 Å². The zero-order chi connectivity index (χ0) is 40.3. The van der Waals surface area contributed by atoms with Crippen molar-refractivity contribution in [1.82, 2.24) is 0 Å². The van der Waals surface area contributed by atoms with Crippen molar-refractivity contribution in [2.24, 2.45) is 0 Å². The normalized spacial score (nSPS) is 13.0. The zero-order valence-corrected chi connectivity index (χ0v) is 33.5. The molecule has 2 nitrogen and oxygen atoms in total. The van der Waals surface area contributed by atoms with Crippen molar-refractivity contribution >= 4 is 44.9 Å². The number of benzene rings is 10. The third-order valence-corrected chi connectivity index (χ3v) is 12.9. The fourth-order valence-corrected chi connectivity index (χ4v) is 10.3. The van der Waals surface area contributed by atoms with Crippen LogP contribution >= 0.6 is 0 Å². The molecule has 10 aromatic carbocycles. The highest BCUT2D eigenvalue weighted by Crippen LogP contribution is 2.63. The second-order valence-corrected chi connectivity index (χ2v) is 16.0. The highest BCUT2D eigenvalue weighted by molar-refractivity contribution is 6.07. The summed E-state index contributed by atoms with van der Waals surface area (Å²) >= 11 is 0. The van der Waals surface area contributed by atoms with E-state index in [-0.39, 0.29) is 0 Å². The average Bonchev–Trinajstić information content (AvgIpc) is 3.63. The van der Waals surface area contributed by atoms with Crippen LogP contribution in [0.2, 0.25) is 0 Å². The molecule has 10 aromatic rings. The fraction of sp³-hybridized carbons (Fsp3) is 0.0169. The predicted molar refractivity (Wildman–Crippen MR) is 255 cm³/mol.